The lowest BCUT2D eigenvalue weighted by atomic mass is 9.94. The molecule has 7 nitrogen and oxygen atoms in total. The number of likely N-dealkylation sites (tertiary alicyclic amines) is 1. The standard InChI is InChI=1S/C26H34N3O4P/c1-27(2)24-10-6-20(7-11-24)16-22-18-29(14-5-15-34(31,32)33)19-23(26(22)30)17-21-8-12-25(13-9-21)28(3)4/h6-13,16-17H,5,14-15,18-19H2,1-4H3,(H2,31,32,33)/b22-16+,23-17+. The second kappa shape index (κ2) is 11.2. The van der Waals surface area contributed by atoms with E-state index in [1.165, 1.54) is 0 Å². The Kier molecular flexibility index (Phi) is 8.50. The molecule has 0 amide bonds. The molecule has 2 N–H and O–H groups in total. The Morgan fingerprint density at radius 3 is 1.59 bits per heavy atom. The van der Waals surface area contributed by atoms with Crippen LogP contribution in [0.4, 0.5) is 11.4 Å². The van der Waals surface area contributed by atoms with Gasteiger partial charge in [0.2, 0.25) is 0 Å². The van der Waals surface area contributed by atoms with Crippen molar-refractivity contribution in [1.29, 1.82) is 0 Å². The SMILES string of the molecule is CN(C)c1ccc(/C=C2\CN(CCCP(=O)(O)O)C/C(=C\c3ccc(N(C)C)cc3)C2=O)cc1. The largest absolute Gasteiger partial charge is 0.378 e. The van der Waals surface area contributed by atoms with E-state index in [1.54, 1.807) is 0 Å². The van der Waals surface area contributed by atoms with Gasteiger partial charge in [0.15, 0.2) is 5.78 Å². The number of benzene rings is 2. The second-order valence-electron chi connectivity index (χ2n) is 9.09. The first kappa shape index (κ1) is 25.9. The molecule has 0 unspecified atom stereocenters. The van der Waals surface area contributed by atoms with E-state index in [0.29, 0.717) is 37.2 Å². The monoisotopic (exact) mass is 483 g/mol. The highest BCUT2D eigenvalue weighted by Gasteiger charge is 2.26. The van der Waals surface area contributed by atoms with Crippen molar-refractivity contribution in [3.05, 3.63) is 70.8 Å². The molecule has 3 rings (SSSR count). The highest BCUT2D eigenvalue weighted by Crippen LogP contribution is 2.35. The summed E-state index contributed by atoms with van der Waals surface area (Å²) in [6.07, 6.45) is 4.04. The average molecular weight is 484 g/mol. The molecule has 2 aromatic carbocycles. The molecule has 0 spiro atoms. The minimum atomic E-state index is -4.04. The van der Waals surface area contributed by atoms with Crippen molar-refractivity contribution in [2.45, 2.75) is 6.42 Å². The predicted octanol–water partition coefficient (Wildman–Crippen LogP) is 3.74. The first-order chi connectivity index (χ1) is 16.0. The first-order valence-electron chi connectivity index (χ1n) is 11.3. The highest BCUT2D eigenvalue weighted by molar-refractivity contribution is 7.51. The van der Waals surface area contributed by atoms with Gasteiger partial charge in [-0.2, -0.15) is 0 Å². The van der Waals surface area contributed by atoms with Gasteiger partial charge in [0.25, 0.3) is 0 Å². The molecule has 1 fully saturated rings. The van der Waals surface area contributed by atoms with Crippen LogP contribution >= 0.6 is 7.60 Å². The zero-order valence-corrected chi connectivity index (χ0v) is 21.2. The third-order valence-electron chi connectivity index (χ3n) is 5.80. The Morgan fingerprint density at radius 2 is 1.24 bits per heavy atom. The van der Waals surface area contributed by atoms with E-state index in [1.807, 2.05) is 98.7 Å². The lowest BCUT2D eigenvalue weighted by Gasteiger charge is -2.30. The van der Waals surface area contributed by atoms with E-state index in [4.69, 9.17) is 0 Å². The molecule has 0 atom stereocenters. The predicted molar refractivity (Wildman–Crippen MR) is 140 cm³/mol. The van der Waals surface area contributed by atoms with Crippen LogP contribution in [0.2, 0.25) is 0 Å². The van der Waals surface area contributed by atoms with Crippen molar-refractivity contribution < 1.29 is 19.1 Å². The van der Waals surface area contributed by atoms with Crippen molar-refractivity contribution in [3.8, 4) is 0 Å². The van der Waals surface area contributed by atoms with Crippen LogP contribution in [0.1, 0.15) is 17.5 Å². The van der Waals surface area contributed by atoms with Crippen molar-refractivity contribution in [1.82, 2.24) is 4.90 Å². The van der Waals surface area contributed by atoms with Gasteiger partial charge in [-0.1, -0.05) is 24.3 Å². The molecule has 8 heteroatoms. The summed E-state index contributed by atoms with van der Waals surface area (Å²) in [5.41, 5.74) is 5.41. The summed E-state index contributed by atoms with van der Waals surface area (Å²) in [5.74, 6) is 0.0135. The molecule has 1 aliphatic rings. The molecule has 1 saturated heterocycles. The maximum atomic E-state index is 13.4. The number of Topliss-reactive ketones (excluding diaryl/α,β-unsaturated/α-hetero) is 1. The Labute approximate surface area is 202 Å². The maximum absolute atomic E-state index is 13.4. The summed E-state index contributed by atoms with van der Waals surface area (Å²) in [6, 6.07) is 16.0. The molecule has 0 aromatic heterocycles. The number of carbonyl (C=O) groups excluding carboxylic acids is 1. The van der Waals surface area contributed by atoms with Crippen LogP contribution in [0.5, 0.6) is 0 Å². The van der Waals surface area contributed by atoms with Gasteiger partial charge in [-0.15, -0.1) is 0 Å². The summed E-state index contributed by atoms with van der Waals surface area (Å²) < 4.78 is 11.3. The van der Waals surface area contributed by atoms with Crippen LogP contribution in [0.25, 0.3) is 12.2 Å². The van der Waals surface area contributed by atoms with E-state index >= 15 is 0 Å². The van der Waals surface area contributed by atoms with Gasteiger partial charge in [0.05, 0.1) is 6.16 Å². The molecule has 0 aliphatic carbocycles. The molecular weight excluding hydrogens is 449 g/mol. The summed E-state index contributed by atoms with van der Waals surface area (Å²) in [4.78, 5) is 37.9. The zero-order chi connectivity index (χ0) is 24.9. The van der Waals surface area contributed by atoms with Gasteiger partial charge in [-0.25, -0.2) is 0 Å². The topological polar surface area (TPSA) is 84.3 Å². The molecule has 0 radical (unpaired) electrons. The summed E-state index contributed by atoms with van der Waals surface area (Å²) in [5, 5.41) is 0. The zero-order valence-electron chi connectivity index (χ0n) is 20.3. The normalized spacial score (nSPS) is 17.4. The molecule has 0 saturated carbocycles. The van der Waals surface area contributed by atoms with Gasteiger partial charge < -0.3 is 19.6 Å². The van der Waals surface area contributed by atoms with Crippen molar-refractivity contribution in [2.24, 2.45) is 0 Å². The van der Waals surface area contributed by atoms with E-state index in [2.05, 4.69) is 4.90 Å². The van der Waals surface area contributed by atoms with Gasteiger partial charge >= 0.3 is 7.60 Å². The van der Waals surface area contributed by atoms with E-state index in [9.17, 15) is 19.1 Å². The number of nitrogens with zero attached hydrogens (tertiary/aromatic N) is 3. The van der Waals surface area contributed by atoms with Crippen LogP contribution in [-0.4, -0.2) is 74.5 Å². The maximum Gasteiger partial charge on any atom is 0.325 e. The number of carbonyl (C=O) groups is 1. The Hall–Kier alpha value is -2.70. The van der Waals surface area contributed by atoms with E-state index in [-0.39, 0.29) is 11.9 Å². The number of rotatable bonds is 8. The number of anilines is 2. The summed E-state index contributed by atoms with van der Waals surface area (Å²) >= 11 is 0. The fourth-order valence-electron chi connectivity index (χ4n) is 3.91. The van der Waals surface area contributed by atoms with Crippen LogP contribution in [0.3, 0.4) is 0 Å². The third kappa shape index (κ3) is 7.40. The Balaban J connectivity index is 1.87. The van der Waals surface area contributed by atoms with Crippen LogP contribution in [-0.2, 0) is 9.36 Å². The molecule has 2 aromatic rings. The second-order valence-corrected chi connectivity index (χ2v) is 10.9. The quantitative estimate of drug-likeness (QED) is 0.437. The molecule has 34 heavy (non-hydrogen) atoms. The number of hydrogen-bond donors (Lipinski definition) is 2. The van der Waals surface area contributed by atoms with Gasteiger partial charge in [0.1, 0.15) is 0 Å². The van der Waals surface area contributed by atoms with Crippen LogP contribution in [0, 0.1) is 0 Å². The molecule has 1 heterocycles. The summed E-state index contributed by atoms with van der Waals surface area (Å²) in [7, 11) is 3.89. The smallest absolute Gasteiger partial charge is 0.325 e. The van der Waals surface area contributed by atoms with Crippen LogP contribution < -0.4 is 9.80 Å². The Bertz CT molecular complexity index is 1030. The molecule has 1 aliphatic heterocycles. The molecule has 182 valence electrons. The summed E-state index contributed by atoms with van der Waals surface area (Å²) in [6.45, 7) is 1.41. The van der Waals surface area contributed by atoms with E-state index < -0.39 is 7.60 Å². The highest BCUT2D eigenvalue weighted by atomic mass is 31.2. The fraction of sp³-hybridized carbons (Fsp3) is 0.346. The molecular formula is C26H34N3O4P. The minimum Gasteiger partial charge on any atom is -0.378 e. The van der Waals surface area contributed by atoms with Gasteiger partial charge in [-0.05, 0) is 60.5 Å². The lowest BCUT2D eigenvalue weighted by molar-refractivity contribution is -0.113. The van der Waals surface area contributed by atoms with Gasteiger partial charge in [0, 0.05) is 63.8 Å². The molecule has 0 bridgehead atoms. The lowest BCUT2D eigenvalue weighted by Crippen LogP contribution is -2.38. The third-order valence-corrected chi connectivity index (χ3v) is 6.69. The van der Waals surface area contributed by atoms with E-state index in [0.717, 1.165) is 22.5 Å². The number of piperidine rings is 1. The average Bonchev–Trinajstić information content (AvgIpc) is 2.76. The number of hydrogen-bond acceptors (Lipinski definition) is 5. The Morgan fingerprint density at radius 1 is 0.824 bits per heavy atom. The van der Waals surface area contributed by atoms with Gasteiger partial charge in [-0.3, -0.25) is 14.3 Å². The fourth-order valence-corrected chi connectivity index (χ4v) is 4.46. The van der Waals surface area contributed by atoms with Crippen molar-refractivity contribution in [2.75, 3.05) is 63.8 Å². The number of ketones is 1. The van der Waals surface area contributed by atoms with Crippen molar-refractivity contribution in [3.63, 3.8) is 0 Å². The minimum absolute atomic E-state index is 0.0135. The van der Waals surface area contributed by atoms with Crippen molar-refractivity contribution >= 4 is 36.9 Å². The van der Waals surface area contributed by atoms with Crippen LogP contribution in [0.15, 0.2) is 59.7 Å². The first-order valence-corrected chi connectivity index (χ1v) is 13.1.